The standard InChI is InChI=1S/C18H11ClN2O4S/c19-13-5-3-12(4-6-13)15(22)10-17-20-18(23)16(26-17)9-11-1-7-14(8-2-11)21(24)25/h1-10H,(H,20,23)/b16-9-,17-10-. The Kier molecular flexibility index (Phi) is 5.11. The number of hydrogen-bond donors (Lipinski definition) is 1. The molecule has 1 heterocycles. The molecule has 0 saturated heterocycles. The highest BCUT2D eigenvalue weighted by atomic mass is 35.5. The molecule has 0 spiro atoms. The van der Waals surface area contributed by atoms with E-state index in [-0.39, 0.29) is 17.0 Å². The minimum absolute atomic E-state index is 0.0233. The number of H-pyrrole nitrogens is 1. The van der Waals surface area contributed by atoms with Crippen molar-refractivity contribution in [3.05, 3.63) is 94.3 Å². The van der Waals surface area contributed by atoms with Crippen molar-refractivity contribution in [2.45, 2.75) is 0 Å². The number of non-ortho nitro benzene ring substituents is 1. The van der Waals surface area contributed by atoms with Gasteiger partial charge in [-0.1, -0.05) is 11.6 Å². The van der Waals surface area contributed by atoms with Crippen LogP contribution in [0.15, 0.2) is 53.3 Å². The lowest BCUT2D eigenvalue weighted by Gasteiger charge is -1.94. The van der Waals surface area contributed by atoms with Gasteiger partial charge in [0.15, 0.2) is 5.78 Å². The lowest BCUT2D eigenvalue weighted by atomic mass is 10.1. The molecule has 0 aliphatic carbocycles. The molecule has 2 aromatic carbocycles. The lowest BCUT2D eigenvalue weighted by Crippen LogP contribution is -2.20. The van der Waals surface area contributed by atoms with Crippen LogP contribution in [0.1, 0.15) is 15.9 Å². The molecule has 0 bridgehead atoms. The molecule has 1 aromatic heterocycles. The van der Waals surface area contributed by atoms with E-state index in [0.29, 0.717) is 25.3 Å². The summed E-state index contributed by atoms with van der Waals surface area (Å²) in [7, 11) is 0. The van der Waals surface area contributed by atoms with Crippen molar-refractivity contribution < 1.29 is 9.72 Å². The first kappa shape index (κ1) is 17.8. The van der Waals surface area contributed by atoms with Crippen molar-refractivity contribution >= 4 is 46.6 Å². The van der Waals surface area contributed by atoms with Crippen LogP contribution in [0.5, 0.6) is 0 Å². The first-order chi connectivity index (χ1) is 12.4. The van der Waals surface area contributed by atoms with Crippen molar-refractivity contribution in [3.8, 4) is 0 Å². The molecule has 0 atom stereocenters. The quantitative estimate of drug-likeness (QED) is 0.423. The van der Waals surface area contributed by atoms with Crippen LogP contribution >= 0.6 is 22.9 Å². The van der Waals surface area contributed by atoms with Crippen molar-refractivity contribution in [3.63, 3.8) is 0 Å². The number of thiazole rings is 1. The molecule has 3 rings (SSSR count). The van der Waals surface area contributed by atoms with Gasteiger partial charge < -0.3 is 4.98 Å². The van der Waals surface area contributed by atoms with Crippen molar-refractivity contribution in [2.24, 2.45) is 0 Å². The Bertz CT molecular complexity index is 1150. The Morgan fingerprint density at radius 1 is 1.12 bits per heavy atom. The number of carbonyl (C=O) groups is 1. The molecule has 3 aromatic rings. The van der Waals surface area contributed by atoms with Gasteiger partial charge in [0.05, 0.1) is 14.1 Å². The topological polar surface area (TPSA) is 93.1 Å². The summed E-state index contributed by atoms with van der Waals surface area (Å²) in [5.41, 5.74) is 0.761. The van der Waals surface area contributed by atoms with E-state index in [1.165, 1.54) is 18.2 Å². The number of benzene rings is 2. The van der Waals surface area contributed by atoms with Crippen LogP contribution in [0, 0.1) is 10.1 Å². The second kappa shape index (κ2) is 7.47. The SMILES string of the molecule is O=C(/C=c1/[nH]c(=O)/c(=C/c2ccc([N+](=O)[O-])cc2)s1)c1ccc(Cl)cc1. The number of hydrogen-bond acceptors (Lipinski definition) is 5. The number of nitro groups is 1. The second-order valence-corrected chi connectivity index (χ2v) is 6.81. The zero-order valence-electron chi connectivity index (χ0n) is 13.1. The number of halogens is 1. The van der Waals surface area contributed by atoms with Gasteiger partial charge in [-0.3, -0.25) is 19.7 Å². The number of carbonyl (C=O) groups excluding carboxylic acids is 1. The van der Waals surface area contributed by atoms with Gasteiger partial charge in [0.1, 0.15) is 0 Å². The van der Waals surface area contributed by atoms with Crippen LogP contribution < -0.4 is 14.8 Å². The van der Waals surface area contributed by atoms with Gasteiger partial charge in [0, 0.05) is 28.8 Å². The van der Waals surface area contributed by atoms with Crippen LogP contribution in [0.3, 0.4) is 0 Å². The Labute approximate surface area is 155 Å². The van der Waals surface area contributed by atoms with Gasteiger partial charge in [-0.25, -0.2) is 0 Å². The first-order valence-corrected chi connectivity index (χ1v) is 8.59. The molecule has 0 radical (unpaired) electrons. The van der Waals surface area contributed by atoms with E-state index in [9.17, 15) is 19.7 Å². The average Bonchev–Trinajstić information content (AvgIpc) is 2.95. The number of rotatable bonds is 4. The average molecular weight is 387 g/mol. The van der Waals surface area contributed by atoms with Crippen molar-refractivity contribution in [1.82, 2.24) is 4.98 Å². The molecular formula is C18H11ClN2O4S. The normalized spacial score (nSPS) is 12.3. The van der Waals surface area contributed by atoms with Crippen molar-refractivity contribution in [1.29, 1.82) is 0 Å². The van der Waals surface area contributed by atoms with Crippen LogP contribution in [0.25, 0.3) is 12.2 Å². The van der Waals surface area contributed by atoms with Gasteiger partial charge in [-0.15, -0.1) is 11.3 Å². The van der Waals surface area contributed by atoms with E-state index < -0.39 is 4.92 Å². The summed E-state index contributed by atoms with van der Waals surface area (Å²) < 4.78 is 0.817. The highest BCUT2D eigenvalue weighted by Crippen LogP contribution is 2.12. The Hall–Kier alpha value is -3.03. The number of nitro benzene ring substituents is 1. The summed E-state index contributed by atoms with van der Waals surface area (Å²) in [6.45, 7) is 0. The van der Waals surface area contributed by atoms with Gasteiger partial charge in [0.25, 0.3) is 11.2 Å². The molecule has 6 nitrogen and oxygen atoms in total. The predicted octanol–water partition coefficient (Wildman–Crippen LogP) is 2.49. The maximum Gasteiger partial charge on any atom is 0.269 e. The third-order valence-corrected chi connectivity index (χ3v) is 4.69. The molecule has 0 amide bonds. The maximum atomic E-state index is 12.2. The number of aromatic amines is 1. The summed E-state index contributed by atoms with van der Waals surface area (Å²) >= 11 is 6.93. The number of nitrogens with one attached hydrogen (secondary N) is 1. The maximum absolute atomic E-state index is 12.2. The van der Waals surface area contributed by atoms with Gasteiger partial charge in [-0.05, 0) is 48.0 Å². The van der Waals surface area contributed by atoms with E-state index in [1.54, 1.807) is 42.5 Å². The highest BCUT2D eigenvalue weighted by Gasteiger charge is 2.05. The fraction of sp³-hybridized carbons (Fsp3) is 0. The van der Waals surface area contributed by atoms with Gasteiger partial charge in [0.2, 0.25) is 0 Å². The van der Waals surface area contributed by atoms with Gasteiger partial charge >= 0.3 is 0 Å². The fourth-order valence-electron chi connectivity index (χ4n) is 2.18. The van der Waals surface area contributed by atoms with Crippen molar-refractivity contribution in [2.75, 3.05) is 0 Å². The molecule has 0 aliphatic heterocycles. The smallest absolute Gasteiger partial charge is 0.269 e. The van der Waals surface area contributed by atoms with Crippen LogP contribution in [0.2, 0.25) is 5.02 Å². The summed E-state index contributed by atoms with van der Waals surface area (Å²) in [5.74, 6) is -0.249. The number of ketones is 1. The molecule has 0 unspecified atom stereocenters. The van der Waals surface area contributed by atoms with E-state index in [0.717, 1.165) is 11.3 Å². The third kappa shape index (κ3) is 4.14. The minimum atomic E-state index is -0.489. The number of nitrogens with zero attached hydrogens (tertiary/aromatic N) is 1. The molecule has 1 N–H and O–H groups in total. The number of Topliss-reactive ketones (excluding diaryl/α,β-unsaturated/α-hetero) is 1. The minimum Gasteiger partial charge on any atom is -0.313 e. The second-order valence-electron chi connectivity index (χ2n) is 5.29. The Morgan fingerprint density at radius 3 is 2.38 bits per heavy atom. The largest absolute Gasteiger partial charge is 0.313 e. The fourth-order valence-corrected chi connectivity index (χ4v) is 3.20. The highest BCUT2D eigenvalue weighted by molar-refractivity contribution is 7.07. The molecule has 0 fully saturated rings. The van der Waals surface area contributed by atoms with E-state index >= 15 is 0 Å². The van der Waals surface area contributed by atoms with Crippen LogP contribution in [-0.4, -0.2) is 15.7 Å². The van der Waals surface area contributed by atoms with Crippen LogP contribution in [0.4, 0.5) is 5.69 Å². The van der Waals surface area contributed by atoms with Gasteiger partial charge in [-0.2, -0.15) is 0 Å². The van der Waals surface area contributed by atoms with Crippen LogP contribution in [-0.2, 0) is 0 Å². The Balaban J connectivity index is 1.93. The van der Waals surface area contributed by atoms with E-state index in [4.69, 9.17) is 11.6 Å². The van der Waals surface area contributed by atoms with E-state index in [2.05, 4.69) is 4.98 Å². The first-order valence-electron chi connectivity index (χ1n) is 7.39. The molecule has 8 heteroatoms. The lowest BCUT2D eigenvalue weighted by molar-refractivity contribution is -0.384. The third-order valence-electron chi connectivity index (χ3n) is 3.47. The Morgan fingerprint density at radius 2 is 1.77 bits per heavy atom. The molecular weight excluding hydrogens is 376 g/mol. The zero-order valence-corrected chi connectivity index (χ0v) is 14.7. The molecule has 0 aliphatic rings. The molecule has 26 heavy (non-hydrogen) atoms. The summed E-state index contributed by atoms with van der Waals surface area (Å²) in [6, 6.07) is 12.3. The summed E-state index contributed by atoms with van der Waals surface area (Å²) in [6.07, 6.45) is 2.96. The number of aromatic nitrogens is 1. The zero-order chi connectivity index (χ0) is 18.7. The monoisotopic (exact) mass is 386 g/mol. The molecule has 130 valence electrons. The summed E-state index contributed by atoms with van der Waals surface area (Å²) in [5, 5.41) is 11.2. The molecule has 0 saturated carbocycles. The summed E-state index contributed by atoms with van der Waals surface area (Å²) in [4.78, 5) is 37.1. The predicted molar refractivity (Wildman–Crippen MR) is 101 cm³/mol. The van der Waals surface area contributed by atoms with E-state index in [1.807, 2.05) is 0 Å².